The topological polar surface area (TPSA) is 92.9 Å². The lowest BCUT2D eigenvalue weighted by Gasteiger charge is -2.26. The van der Waals surface area contributed by atoms with Gasteiger partial charge in [0.2, 0.25) is 11.8 Å². The van der Waals surface area contributed by atoms with Gasteiger partial charge in [-0.15, -0.1) is 0 Å². The highest BCUT2D eigenvalue weighted by molar-refractivity contribution is 6.23. The molecule has 0 bridgehead atoms. The number of anilines is 1. The van der Waals surface area contributed by atoms with Crippen LogP contribution >= 0.6 is 0 Å². The lowest BCUT2D eigenvalue weighted by atomic mass is 9.90. The Morgan fingerprint density at radius 2 is 1.41 bits per heavy atom. The maximum Gasteiger partial charge on any atom is 0.265 e. The van der Waals surface area contributed by atoms with Crippen LogP contribution in [-0.2, 0) is 19.2 Å². The molecular weight excluding hydrogens is 406 g/mol. The van der Waals surface area contributed by atoms with Gasteiger partial charge >= 0.3 is 0 Å². The Morgan fingerprint density at radius 1 is 0.812 bits per heavy atom. The Labute approximate surface area is 185 Å². The van der Waals surface area contributed by atoms with E-state index in [1.165, 1.54) is 9.96 Å². The van der Waals surface area contributed by atoms with E-state index in [-0.39, 0.29) is 12.5 Å². The van der Waals surface area contributed by atoms with Crippen molar-refractivity contribution in [2.24, 2.45) is 11.7 Å². The number of carbonyl (C=O) groups excluding carboxylic acids is 3. The van der Waals surface area contributed by atoms with E-state index in [1.54, 1.807) is 24.3 Å². The van der Waals surface area contributed by atoms with Crippen molar-refractivity contribution in [3.63, 3.8) is 0 Å². The first-order chi connectivity index (χ1) is 15.5. The molecule has 3 unspecified atom stereocenters. The molecule has 3 amide bonds. The molecule has 2 N–H and O–H groups in total. The van der Waals surface area contributed by atoms with Crippen LogP contribution in [0.1, 0.15) is 11.6 Å². The molecule has 0 radical (unpaired) electrons. The first-order valence-corrected chi connectivity index (χ1v) is 10.3. The summed E-state index contributed by atoms with van der Waals surface area (Å²) in [4.78, 5) is 45.1. The minimum atomic E-state index is -0.999. The molecule has 3 atom stereocenters. The van der Waals surface area contributed by atoms with Crippen LogP contribution in [0.4, 0.5) is 5.69 Å². The summed E-state index contributed by atoms with van der Waals surface area (Å²) in [5.74, 6) is -2.17. The predicted molar refractivity (Wildman–Crippen MR) is 118 cm³/mol. The van der Waals surface area contributed by atoms with Gasteiger partial charge in [0, 0.05) is 0 Å². The van der Waals surface area contributed by atoms with Crippen LogP contribution in [0, 0.1) is 5.92 Å². The van der Waals surface area contributed by atoms with Gasteiger partial charge < -0.3 is 5.73 Å². The van der Waals surface area contributed by atoms with Gasteiger partial charge in [0.25, 0.3) is 5.91 Å². The van der Waals surface area contributed by atoms with Crippen LogP contribution in [0.25, 0.3) is 11.1 Å². The van der Waals surface area contributed by atoms with Crippen molar-refractivity contribution in [1.29, 1.82) is 0 Å². The normalized spacial score (nSPS) is 22.9. The average Bonchev–Trinajstić information content (AvgIpc) is 3.29. The van der Waals surface area contributed by atoms with E-state index in [1.807, 2.05) is 60.7 Å². The Bertz CT molecular complexity index is 1160. The maximum atomic E-state index is 13.4. The summed E-state index contributed by atoms with van der Waals surface area (Å²) in [6, 6.07) is 25.8. The molecule has 2 aliphatic rings. The van der Waals surface area contributed by atoms with Crippen molar-refractivity contribution in [2.75, 3.05) is 11.4 Å². The number of rotatable bonds is 5. The minimum Gasteiger partial charge on any atom is -0.368 e. The number of primary amides is 1. The molecule has 160 valence electrons. The number of para-hydroxylation sites is 1. The highest BCUT2D eigenvalue weighted by Crippen LogP contribution is 2.45. The molecule has 2 heterocycles. The second-order valence-corrected chi connectivity index (χ2v) is 7.87. The molecule has 3 aromatic carbocycles. The van der Waals surface area contributed by atoms with Crippen molar-refractivity contribution >= 4 is 23.4 Å². The van der Waals surface area contributed by atoms with Crippen molar-refractivity contribution in [3.8, 4) is 11.1 Å². The molecule has 2 saturated heterocycles. The van der Waals surface area contributed by atoms with E-state index in [4.69, 9.17) is 10.6 Å². The van der Waals surface area contributed by atoms with E-state index in [2.05, 4.69) is 0 Å². The van der Waals surface area contributed by atoms with E-state index < -0.39 is 29.9 Å². The lowest BCUT2D eigenvalue weighted by molar-refractivity contribution is -0.175. The molecule has 3 aromatic rings. The van der Waals surface area contributed by atoms with Crippen molar-refractivity contribution in [1.82, 2.24) is 5.06 Å². The molecule has 0 aliphatic carbocycles. The second-order valence-electron chi connectivity index (χ2n) is 7.87. The highest BCUT2D eigenvalue weighted by Gasteiger charge is 2.60. The van der Waals surface area contributed by atoms with E-state index >= 15 is 0 Å². The van der Waals surface area contributed by atoms with Gasteiger partial charge in [-0.2, -0.15) is 5.06 Å². The Morgan fingerprint density at radius 3 is 2.03 bits per heavy atom. The van der Waals surface area contributed by atoms with E-state index in [0.29, 0.717) is 5.69 Å². The third kappa shape index (κ3) is 3.37. The molecule has 0 saturated carbocycles. The fourth-order valence-electron chi connectivity index (χ4n) is 4.47. The molecule has 7 heteroatoms. The van der Waals surface area contributed by atoms with Gasteiger partial charge in [0.1, 0.15) is 6.54 Å². The monoisotopic (exact) mass is 427 g/mol. The zero-order valence-electron chi connectivity index (χ0n) is 17.1. The van der Waals surface area contributed by atoms with Crippen LogP contribution in [0.3, 0.4) is 0 Å². The molecule has 2 aliphatic heterocycles. The van der Waals surface area contributed by atoms with Gasteiger partial charge in [-0.3, -0.25) is 19.2 Å². The number of imide groups is 1. The van der Waals surface area contributed by atoms with Crippen molar-refractivity contribution in [3.05, 3.63) is 90.5 Å². The Kier molecular flexibility index (Phi) is 5.05. The second kappa shape index (κ2) is 8.03. The van der Waals surface area contributed by atoms with Gasteiger partial charge in [0.05, 0.1) is 17.6 Å². The number of hydroxylamine groups is 2. The number of nitrogens with zero attached hydrogens (tertiary/aromatic N) is 2. The maximum absolute atomic E-state index is 13.4. The number of carbonyl (C=O) groups is 3. The standard InChI is InChI=1S/C25H21N3O4/c26-20(29)15-27-22(18-13-11-17(12-14-18)16-7-3-1-4-8-16)21-23(32-27)25(31)28(24(21)30)19-9-5-2-6-10-19/h1-14,21-23H,15H2,(H2,26,29). The van der Waals surface area contributed by atoms with Crippen LogP contribution in [0.2, 0.25) is 0 Å². The molecule has 0 spiro atoms. The number of benzene rings is 3. The van der Waals surface area contributed by atoms with Crippen LogP contribution in [0.15, 0.2) is 84.9 Å². The number of fused-ring (bicyclic) bond motifs is 1. The minimum absolute atomic E-state index is 0.218. The zero-order chi connectivity index (χ0) is 22.2. The summed E-state index contributed by atoms with van der Waals surface area (Å²) >= 11 is 0. The molecule has 0 aromatic heterocycles. The molecule has 5 rings (SSSR count). The smallest absolute Gasteiger partial charge is 0.265 e. The first kappa shape index (κ1) is 20.1. The fraction of sp³-hybridized carbons (Fsp3) is 0.160. The van der Waals surface area contributed by atoms with E-state index in [9.17, 15) is 14.4 Å². The Hall–Kier alpha value is -3.81. The number of hydrogen-bond acceptors (Lipinski definition) is 5. The number of nitrogens with two attached hydrogens (primary N) is 1. The SMILES string of the molecule is NC(=O)CN1OC2C(=O)N(c3ccccc3)C(=O)C2C1c1ccc(-c2ccccc2)cc1. The quantitative estimate of drug-likeness (QED) is 0.632. The van der Waals surface area contributed by atoms with E-state index in [0.717, 1.165) is 16.7 Å². The molecule has 32 heavy (non-hydrogen) atoms. The van der Waals surface area contributed by atoms with Crippen LogP contribution in [0.5, 0.6) is 0 Å². The molecule has 2 fully saturated rings. The average molecular weight is 427 g/mol. The first-order valence-electron chi connectivity index (χ1n) is 10.3. The molecular formula is C25H21N3O4. The summed E-state index contributed by atoms with van der Waals surface area (Å²) in [6.45, 7) is -0.218. The number of hydrogen-bond donors (Lipinski definition) is 1. The number of amides is 3. The van der Waals surface area contributed by atoms with Crippen molar-refractivity contribution < 1.29 is 19.2 Å². The van der Waals surface area contributed by atoms with Crippen molar-refractivity contribution in [2.45, 2.75) is 12.1 Å². The lowest BCUT2D eigenvalue weighted by Crippen LogP contribution is -2.40. The van der Waals surface area contributed by atoms with Crippen LogP contribution < -0.4 is 10.6 Å². The zero-order valence-corrected chi connectivity index (χ0v) is 17.1. The highest BCUT2D eigenvalue weighted by atomic mass is 16.7. The fourth-order valence-corrected chi connectivity index (χ4v) is 4.47. The van der Waals surface area contributed by atoms with Gasteiger partial charge in [-0.25, -0.2) is 4.90 Å². The summed E-state index contributed by atoms with van der Waals surface area (Å²) in [5, 5.41) is 1.37. The summed E-state index contributed by atoms with van der Waals surface area (Å²) in [5.41, 5.74) is 8.77. The largest absolute Gasteiger partial charge is 0.368 e. The van der Waals surface area contributed by atoms with Gasteiger partial charge in [-0.05, 0) is 28.8 Å². The Balaban J connectivity index is 1.51. The van der Waals surface area contributed by atoms with Gasteiger partial charge in [-0.1, -0.05) is 72.8 Å². The predicted octanol–water partition coefficient (Wildman–Crippen LogP) is 2.69. The summed E-state index contributed by atoms with van der Waals surface area (Å²) in [7, 11) is 0. The van der Waals surface area contributed by atoms with Gasteiger partial charge in [0.15, 0.2) is 6.10 Å². The third-order valence-corrected chi connectivity index (χ3v) is 5.88. The molecule has 7 nitrogen and oxygen atoms in total. The summed E-state index contributed by atoms with van der Waals surface area (Å²) in [6.07, 6.45) is -0.999. The summed E-state index contributed by atoms with van der Waals surface area (Å²) < 4.78 is 0. The third-order valence-electron chi connectivity index (χ3n) is 5.88. The van der Waals surface area contributed by atoms with Crippen LogP contribution in [-0.4, -0.2) is 35.4 Å².